The van der Waals surface area contributed by atoms with Crippen LogP contribution in [0.4, 0.5) is 25.0 Å². The van der Waals surface area contributed by atoms with Crippen molar-refractivity contribution in [1.82, 2.24) is 20.1 Å². The predicted octanol–water partition coefficient (Wildman–Crippen LogP) is 4.87. The van der Waals surface area contributed by atoms with Gasteiger partial charge in [0.25, 0.3) is 0 Å². The van der Waals surface area contributed by atoms with Crippen LogP contribution in [-0.2, 0) is 45.8 Å². The van der Waals surface area contributed by atoms with Gasteiger partial charge in [-0.15, -0.1) is 0 Å². The molecule has 6 unspecified atom stereocenters. The van der Waals surface area contributed by atoms with Crippen molar-refractivity contribution in [3.05, 3.63) is 64.9 Å². The van der Waals surface area contributed by atoms with Gasteiger partial charge in [0.1, 0.15) is 11.2 Å². The summed E-state index contributed by atoms with van der Waals surface area (Å²) >= 11 is 0. The quantitative estimate of drug-likeness (QED) is 0.137. The third-order valence-electron chi connectivity index (χ3n) is 16.1. The lowest BCUT2D eigenvalue weighted by atomic mass is 9.47. The Labute approximate surface area is 377 Å². The number of carbonyl (C=O) groups excluding carboxylic acids is 4. The molecule has 10 atom stereocenters. The molecule has 15 nitrogen and oxygen atoms in total. The van der Waals surface area contributed by atoms with Crippen molar-refractivity contribution < 1.29 is 52.0 Å². The minimum absolute atomic E-state index is 0.0746. The van der Waals surface area contributed by atoms with E-state index in [0.717, 1.165) is 23.4 Å². The number of aromatic amines is 1. The summed E-state index contributed by atoms with van der Waals surface area (Å²) in [4.78, 5) is 65.4. The molecular weight excluding hydrogens is 843 g/mol. The number of H-pyrrole nitrogens is 1. The average Bonchev–Trinajstić information content (AvgIpc) is 3.94. The zero-order valence-electron chi connectivity index (χ0n) is 38.3. The van der Waals surface area contributed by atoms with Gasteiger partial charge in [0.05, 0.1) is 27.4 Å². The summed E-state index contributed by atoms with van der Waals surface area (Å²) in [6.45, 7) is 6.44. The third kappa shape index (κ3) is 6.26. The number of nitrogens with one attached hydrogen (secondary N) is 3. The molecule has 65 heavy (non-hydrogen) atoms. The Morgan fingerprint density at radius 3 is 2.43 bits per heavy atom. The molecule has 9 rings (SSSR count). The monoisotopic (exact) mass is 902 g/mol. The number of alkyl halides is 2. The van der Waals surface area contributed by atoms with Crippen molar-refractivity contribution in [2.45, 2.75) is 93.4 Å². The van der Waals surface area contributed by atoms with Crippen LogP contribution in [0.3, 0.4) is 0 Å². The number of amides is 2. The van der Waals surface area contributed by atoms with E-state index in [0.29, 0.717) is 79.3 Å². The first kappa shape index (κ1) is 44.9. The molecule has 3 aromatic rings. The van der Waals surface area contributed by atoms with Crippen LogP contribution >= 0.6 is 0 Å². The van der Waals surface area contributed by atoms with Gasteiger partial charge in [0.2, 0.25) is 11.5 Å². The van der Waals surface area contributed by atoms with E-state index in [1.165, 1.54) is 35.3 Å². The molecular formula is C48H60F2N6O9. The lowest BCUT2D eigenvalue weighted by Crippen LogP contribution is -2.81. The van der Waals surface area contributed by atoms with Crippen LogP contribution in [0.2, 0.25) is 0 Å². The van der Waals surface area contributed by atoms with Crippen molar-refractivity contribution in [3.63, 3.8) is 0 Å². The average molecular weight is 903 g/mol. The van der Waals surface area contributed by atoms with Crippen molar-refractivity contribution in [3.8, 4) is 5.75 Å². The molecule has 2 bridgehead atoms. The van der Waals surface area contributed by atoms with Gasteiger partial charge in [0, 0.05) is 110 Å². The first-order chi connectivity index (χ1) is 30.9. The number of urea groups is 1. The number of hydrogen-bond donors (Lipinski definition) is 4. The number of rotatable bonds is 8. The van der Waals surface area contributed by atoms with Gasteiger partial charge in [-0.25, -0.2) is 18.4 Å². The highest BCUT2D eigenvalue weighted by molar-refractivity contribution is 5.97. The SMILES string of the molecule is CC[C@@]12C=CCN3CCC4(c5cc([C@@]6(C(=O)OC)CC7CC(C(C)(F)F)CN(CCc8c6[nH]c6ccc(NC(=O)NC)cc86)C7)c(OC)cc5N(C)C4[C@](O)(C(=O)OC)[C@H]1OC(C)=O)C32. The van der Waals surface area contributed by atoms with Crippen molar-refractivity contribution in [2.75, 3.05) is 78.4 Å². The smallest absolute Gasteiger partial charge is 0.344 e. The van der Waals surface area contributed by atoms with Crippen molar-refractivity contribution in [2.24, 2.45) is 17.3 Å². The van der Waals surface area contributed by atoms with Gasteiger partial charge in [-0.3, -0.25) is 14.5 Å². The third-order valence-corrected chi connectivity index (χ3v) is 16.1. The van der Waals surface area contributed by atoms with Gasteiger partial charge in [0.15, 0.2) is 6.10 Å². The van der Waals surface area contributed by atoms with E-state index in [9.17, 15) is 19.5 Å². The number of piperidine rings is 1. The van der Waals surface area contributed by atoms with Crippen LogP contribution < -0.4 is 20.3 Å². The summed E-state index contributed by atoms with van der Waals surface area (Å²) in [6, 6.07) is 7.45. The Hall–Kier alpha value is -5.26. The number of esters is 3. The van der Waals surface area contributed by atoms with Crippen LogP contribution in [0.25, 0.3) is 10.9 Å². The number of hydrogen-bond acceptors (Lipinski definition) is 12. The Morgan fingerprint density at radius 2 is 1.77 bits per heavy atom. The van der Waals surface area contributed by atoms with Gasteiger partial charge in [-0.1, -0.05) is 19.1 Å². The van der Waals surface area contributed by atoms with E-state index < -0.39 is 81.7 Å². The minimum Gasteiger partial charge on any atom is -0.496 e. The second-order valence-corrected chi connectivity index (χ2v) is 19.3. The fourth-order valence-electron chi connectivity index (χ4n) is 13.8. The summed E-state index contributed by atoms with van der Waals surface area (Å²) in [5, 5.41) is 19.6. The molecule has 6 aliphatic rings. The number of anilines is 2. The van der Waals surface area contributed by atoms with Gasteiger partial charge in [-0.2, -0.15) is 0 Å². The summed E-state index contributed by atoms with van der Waals surface area (Å²) in [5.41, 5.74) is -1.81. The minimum atomic E-state index is -2.99. The molecule has 1 saturated carbocycles. The van der Waals surface area contributed by atoms with Crippen LogP contribution in [0.5, 0.6) is 5.75 Å². The Morgan fingerprint density at radius 1 is 1.02 bits per heavy atom. The molecule has 6 heterocycles. The van der Waals surface area contributed by atoms with Crippen LogP contribution in [0, 0.1) is 17.3 Å². The largest absolute Gasteiger partial charge is 0.496 e. The molecule has 17 heteroatoms. The van der Waals surface area contributed by atoms with E-state index in [4.69, 9.17) is 18.9 Å². The number of carbonyl (C=O) groups is 4. The lowest BCUT2D eigenvalue weighted by Gasteiger charge is -2.63. The zero-order chi connectivity index (χ0) is 46.6. The first-order valence-corrected chi connectivity index (χ1v) is 22.6. The molecule has 4 N–H and O–H groups in total. The topological polar surface area (TPSA) is 175 Å². The number of fused-ring (bicyclic) bond motifs is 6. The van der Waals surface area contributed by atoms with Crippen LogP contribution in [-0.4, -0.2) is 142 Å². The fraction of sp³-hybridized carbons (Fsp3) is 0.583. The van der Waals surface area contributed by atoms with Crippen LogP contribution in [0.1, 0.15) is 68.8 Å². The highest BCUT2D eigenvalue weighted by Crippen LogP contribution is 2.68. The Kier molecular flexibility index (Phi) is 10.8. The number of benzene rings is 2. The van der Waals surface area contributed by atoms with E-state index >= 15 is 13.6 Å². The number of likely N-dealkylation sites (N-methyl/N-ethyl adjacent to an activating group) is 1. The number of halogens is 2. The molecule has 1 aliphatic carbocycles. The number of aromatic nitrogens is 1. The normalized spacial score (nSPS) is 33.6. The molecule has 2 aromatic carbocycles. The van der Waals surface area contributed by atoms with Crippen LogP contribution in [0.15, 0.2) is 42.5 Å². The van der Waals surface area contributed by atoms with Gasteiger partial charge in [-0.05, 0) is 86.9 Å². The molecule has 1 aromatic heterocycles. The molecule has 3 fully saturated rings. The van der Waals surface area contributed by atoms with E-state index in [1.54, 1.807) is 13.1 Å². The maximum atomic E-state index is 15.5. The maximum Gasteiger partial charge on any atom is 0.344 e. The second kappa shape index (κ2) is 15.7. The Balaban J connectivity index is 1.35. The summed E-state index contributed by atoms with van der Waals surface area (Å²) in [7, 11) is 7.37. The zero-order valence-corrected chi connectivity index (χ0v) is 38.3. The van der Waals surface area contributed by atoms with E-state index in [2.05, 4.69) is 25.4 Å². The Bertz CT molecular complexity index is 2490. The molecule has 2 saturated heterocycles. The van der Waals surface area contributed by atoms with Crippen molar-refractivity contribution >= 4 is 46.2 Å². The molecule has 2 amide bonds. The summed E-state index contributed by atoms with van der Waals surface area (Å²) in [5.74, 6) is -6.27. The second-order valence-electron chi connectivity index (χ2n) is 19.3. The molecule has 0 radical (unpaired) electrons. The highest BCUT2D eigenvalue weighted by atomic mass is 19.3. The number of methoxy groups -OCH3 is 3. The predicted molar refractivity (Wildman–Crippen MR) is 237 cm³/mol. The van der Waals surface area contributed by atoms with Gasteiger partial charge < -0.3 is 49.5 Å². The van der Waals surface area contributed by atoms with E-state index in [1.807, 2.05) is 48.2 Å². The first-order valence-electron chi connectivity index (χ1n) is 22.6. The standard InChI is InChI=1S/C48H60F2N6O9/c1-9-45-14-10-16-56-18-15-46(38(45)56)32-21-33(36(62-6)22-35(32)54(5)39(46)48(61,42(59)64-8)40(45)65-26(2)57)47(41(58)63-7)23-27-19-28(44(3,49)50)25-55(24-27)17-13-30-31-20-29(52-43(60)51-4)11-12-34(31)53-37(30)47/h10-12,14,20-22,27-28,38-40,53,61H,9,13,15-19,23-25H2,1-8H3,(H2,51,52,60)/t27?,28?,38?,39?,40-,45-,46?,47-,48+/m0/s1. The summed E-state index contributed by atoms with van der Waals surface area (Å²) in [6.07, 6.45) is 4.14. The van der Waals surface area contributed by atoms with E-state index in [-0.39, 0.29) is 19.4 Å². The highest BCUT2D eigenvalue weighted by Gasteiger charge is 2.80. The summed E-state index contributed by atoms with van der Waals surface area (Å²) < 4.78 is 54.8. The molecule has 350 valence electrons. The maximum absolute atomic E-state index is 15.5. The molecule has 1 spiro atoms. The lowest BCUT2D eigenvalue weighted by molar-refractivity contribution is -0.228. The fourth-order valence-corrected chi connectivity index (χ4v) is 13.8. The number of nitrogens with zero attached hydrogens (tertiary/aromatic N) is 3. The van der Waals surface area contributed by atoms with Gasteiger partial charge >= 0.3 is 23.9 Å². The number of aliphatic hydroxyl groups is 1. The molecule has 5 aliphatic heterocycles. The van der Waals surface area contributed by atoms with Crippen molar-refractivity contribution in [1.29, 1.82) is 0 Å². The number of ether oxygens (including phenoxy) is 4.